The Bertz CT molecular complexity index is 452. The van der Waals surface area contributed by atoms with Crippen LogP contribution < -0.4 is 5.73 Å². The maximum atomic E-state index is 10.8. The predicted octanol–water partition coefficient (Wildman–Crippen LogP) is 1.58. The number of carbonyl (C=O) groups excluding carboxylic acids is 1. The maximum absolute atomic E-state index is 10.8. The highest BCUT2D eigenvalue weighted by molar-refractivity contribution is 5.82. The number of nitrogens with zero attached hydrogens (tertiary/aromatic N) is 1. The zero-order valence-corrected chi connectivity index (χ0v) is 11.3. The van der Waals surface area contributed by atoms with Gasteiger partial charge in [-0.1, -0.05) is 18.2 Å². The summed E-state index contributed by atoms with van der Waals surface area (Å²) in [5.41, 5.74) is 8.92. The number of carboxylic acid groups (broad SMARTS) is 1. The number of hydrogen-bond acceptors (Lipinski definition) is 3. The molecule has 0 spiro atoms. The van der Waals surface area contributed by atoms with Crippen molar-refractivity contribution < 1.29 is 14.7 Å². The fourth-order valence-electron chi connectivity index (χ4n) is 1.86. The van der Waals surface area contributed by atoms with E-state index in [2.05, 4.69) is 0 Å². The van der Waals surface area contributed by atoms with E-state index in [4.69, 9.17) is 10.8 Å². The van der Waals surface area contributed by atoms with Crippen LogP contribution in [0.15, 0.2) is 18.2 Å². The van der Waals surface area contributed by atoms with E-state index in [1.54, 1.807) is 0 Å². The molecule has 1 aliphatic rings. The van der Waals surface area contributed by atoms with Crippen molar-refractivity contribution in [2.24, 2.45) is 0 Å². The molecule has 5 nitrogen and oxygen atoms in total. The van der Waals surface area contributed by atoms with Crippen molar-refractivity contribution in [1.82, 2.24) is 4.90 Å². The third kappa shape index (κ3) is 4.62. The summed E-state index contributed by atoms with van der Waals surface area (Å²) in [7, 11) is 0. The van der Waals surface area contributed by atoms with Crippen LogP contribution in [0.5, 0.6) is 0 Å². The summed E-state index contributed by atoms with van der Waals surface area (Å²) < 4.78 is 0. The first-order valence-corrected chi connectivity index (χ1v) is 6.23. The van der Waals surface area contributed by atoms with E-state index < -0.39 is 5.97 Å². The normalized spacial score (nSPS) is 14.0. The summed E-state index contributed by atoms with van der Waals surface area (Å²) in [4.78, 5) is 22.2. The third-order valence-electron chi connectivity index (χ3n) is 3.04. The average Bonchev–Trinajstić information content (AvgIpc) is 2.72. The molecule has 1 aromatic carbocycles. The number of para-hydroxylation sites is 1. The molecule has 1 aromatic rings. The first-order chi connectivity index (χ1) is 8.91. The Kier molecular flexibility index (Phi) is 5.36. The van der Waals surface area contributed by atoms with Gasteiger partial charge in [0.2, 0.25) is 5.91 Å². The predicted molar refractivity (Wildman–Crippen MR) is 73.8 cm³/mol. The molecular formula is C14H20N2O3. The molecule has 104 valence electrons. The first kappa shape index (κ1) is 15.0. The maximum Gasteiger partial charge on any atom is 0.323 e. The van der Waals surface area contributed by atoms with Crippen molar-refractivity contribution in [3.8, 4) is 0 Å². The molecule has 0 atom stereocenters. The Hall–Kier alpha value is -2.04. The van der Waals surface area contributed by atoms with Gasteiger partial charge < -0.3 is 15.7 Å². The molecule has 0 saturated carbocycles. The van der Waals surface area contributed by atoms with Crippen molar-refractivity contribution in [1.29, 1.82) is 0 Å². The van der Waals surface area contributed by atoms with E-state index in [0.717, 1.165) is 23.2 Å². The monoisotopic (exact) mass is 264 g/mol. The molecule has 1 saturated heterocycles. The van der Waals surface area contributed by atoms with Crippen LogP contribution in [0, 0.1) is 13.8 Å². The molecule has 0 aromatic heterocycles. The van der Waals surface area contributed by atoms with E-state index in [0.29, 0.717) is 13.0 Å². The zero-order chi connectivity index (χ0) is 14.4. The van der Waals surface area contributed by atoms with Gasteiger partial charge in [0.05, 0.1) is 0 Å². The number of aryl methyl sites for hydroxylation is 2. The van der Waals surface area contributed by atoms with Gasteiger partial charge in [-0.3, -0.25) is 9.59 Å². The summed E-state index contributed by atoms with van der Waals surface area (Å²) >= 11 is 0. The minimum absolute atomic E-state index is 0.0394. The van der Waals surface area contributed by atoms with Gasteiger partial charge in [0, 0.05) is 18.7 Å². The number of benzene rings is 1. The molecular weight excluding hydrogens is 244 g/mol. The van der Waals surface area contributed by atoms with Crippen molar-refractivity contribution in [2.45, 2.75) is 26.7 Å². The highest BCUT2D eigenvalue weighted by Gasteiger charge is 2.21. The Balaban J connectivity index is 0.000000191. The molecule has 1 aliphatic heterocycles. The number of anilines is 1. The summed E-state index contributed by atoms with van der Waals surface area (Å²) in [5.74, 6) is -0.974. The Labute approximate surface area is 113 Å². The molecule has 0 aliphatic carbocycles. The van der Waals surface area contributed by atoms with Crippen molar-refractivity contribution in [3.05, 3.63) is 29.3 Å². The molecule has 19 heavy (non-hydrogen) atoms. The van der Waals surface area contributed by atoms with Crippen LogP contribution >= 0.6 is 0 Å². The van der Waals surface area contributed by atoms with E-state index in [9.17, 15) is 9.59 Å². The Morgan fingerprint density at radius 3 is 2.32 bits per heavy atom. The molecule has 0 bridgehead atoms. The summed E-state index contributed by atoms with van der Waals surface area (Å²) in [6.07, 6.45) is 1.30. The van der Waals surface area contributed by atoms with Crippen LogP contribution in [0.1, 0.15) is 24.0 Å². The largest absolute Gasteiger partial charge is 0.480 e. The van der Waals surface area contributed by atoms with Gasteiger partial charge in [-0.15, -0.1) is 0 Å². The highest BCUT2D eigenvalue weighted by Crippen LogP contribution is 2.13. The molecule has 1 amide bonds. The topological polar surface area (TPSA) is 83.6 Å². The number of hydrogen-bond donors (Lipinski definition) is 2. The first-order valence-electron chi connectivity index (χ1n) is 6.23. The fraction of sp³-hybridized carbons (Fsp3) is 0.429. The number of aliphatic carboxylic acids is 1. The van der Waals surface area contributed by atoms with Gasteiger partial charge in [-0.05, 0) is 31.4 Å². The average molecular weight is 264 g/mol. The second-order valence-electron chi connectivity index (χ2n) is 4.62. The Morgan fingerprint density at radius 2 is 1.95 bits per heavy atom. The lowest BCUT2D eigenvalue weighted by atomic mass is 10.1. The highest BCUT2D eigenvalue weighted by atomic mass is 16.4. The molecule has 2 rings (SSSR count). The van der Waals surface area contributed by atoms with E-state index in [1.807, 2.05) is 32.0 Å². The number of rotatable bonds is 2. The lowest BCUT2D eigenvalue weighted by molar-refractivity contribution is -0.142. The van der Waals surface area contributed by atoms with Crippen LogP contribution in [0.25, 0.3) is 0 Å². The summed E-state index contributed by atoms with van der Waals surface area (Å²) in [6.45, 7) is 4.49. The number of nitrogens with two attached hydrogens (primary N) is 1. The standard InChI is InChI=1S/C8H11N.C6H9NO3/c1-6-4-3-5-7(2)8(6)9;8-5-2-1-3-7(5)4-6(9)10/h3-5H,9H2,1-2H3;1-4H2,(H,9,10). The van der Waals surface area contributed by atoms with E-state index in [1.165, 1.54) is 4.90 Å². The lowest BCUT2D eigenvalue weighted by Gasteiger charge is -2.10. The lowest BCUT2D eigenvalue weighted by Crippen LogP contribution is -2.30. The minimum atomic E-state index is -0.935. The summed E-state index contributed by atoms with van der Waals surface area (Å²) in [6, 6.07) is 6.05. The van der Waals surface area contributed by atoms with Gasteiger partial charge in [-0.2, -0.15) is 0 Å². The van der Waals surface area contributed by atoms with Crippen LogP contribution in [-0.2, 0) is 9.59 Å². The smallest absolute Gasteiger partial charge is 0.323 e. The number of carbonyl (C=O) groups is 2. The molecule has 0 radical (unpaired) electrons. The number of likely N-dealkylation sites (tertiary alicyclic amines) is 1. The minimum Gasteiger partial charge on any atom is -0.480 e. The molecule has 3 N–H and O–H groups in total. The Morgan fingerprint density at radius 1 is 1.37 bits per heavy atom. The molecule has 1 fully saturated rings. The van der Waals surface area contributed by atoms with Gasteiger partial charge in [0.25, 0.3) is 0 Å². The van der Waals surface area contributed by atoms with Gasteiger partial charge >= 0.3 is 5.97 Å². The van der Waals surface area contributed by atoms with Gasteiger partial charge in [0.15, 0.2) is 0 Å². The number of carboxylic acids is 1. The van der Waals surface area contributed by atoms with Crippen LogP contribution in [0.4, 0.5) is 5.69 Å². The van der Waals surface area contributed by atoms with Crippen LogP contribution in [-0.4, -0.2) is 35.0 Å². The van der Waals surface area contributed by atoms with Crippen molar-refractivity contribution in [3.63, 3.8) is 0 Å². The molecule has 5 heteroatoms. The summed E-state index contributed by atoms with van der Waals surface area (Å²) in [5, 5.41) is 8.30. The van der Waals surface area contributed by atoms with Crippen LogP contribution in [0.3, 0.4) is 0 Å². The third-order valence-corrected chi connectivity index (χ3v) is 3.04. The SMILES string of the molecule is Cc1cccc(C)c1N.O=C(O)CN1CCCC1=O. The van der Waals surface area contributed by atoms with Crippen molar-refractivity contribution in [2.75, 3.05) is 18.8 Å². The van der Waals surface area contributed by atoms with E-state index >= 15 is 0 Å². The number of amides is 1. The quantitative estimate of drug-likeness (QED) is 0.794. The second kappa shape index (κ2) is 6.78. The fourth-order valence-corrected chi connectivity index (χ4v) is 1.86. The van der Waals surface area contributed by atoms with Gasteiger partial charge in [-0.25, -0.2) is 0 Å². The second-order valence-corrected chi connectivity index (χ2v) is 4.62. The zero-order valence-electron chi connectivity index (χ0n) is 11.3. The van der Waals surface area contributed by atoms with E-state index in [-0.39, 0.29) is 12.5 Å². The number of nitrogen functional groups attached to an aromatic ring is 1. The molecule has 1 heterocycles. The van der Waals surface area contributed by atoms with Gasteiger partial charge in [0.1, 0.15) is 6.54 Å². The van der Waals surface area contributed by atoms with Crippen molar-refractivity contribution >= 4 is 17.6 Å². The molecule has 0 unspecified atom stereocenters. The van der Waals surface area contributed by atoms with Crippen LogP contribution in [0.2, 0.25) is 0 Å².